The third-order valence-corrected chi connectivity index (χ3v) is 3.36. The van der Waals surface area contributed by atoms with Gasteiger partial charge >= 0.3 is 0 Å². The predicted molar refractivity (Wildman–Crippen MR) is 88.3 cm³/mol. The lowest BCUT2D eigenvalue weighted by Crippen LogP contribution is -2.17. The van der Waals surface area contributed by atoms with E-state index in [4.69, 9.17) is 11.6 Å². The maximum Gasteiger partial charge on any atom is 0.199 e. The molecule has 0 unspecified atom stereocenters. The second-order valence-electron chi connectivity index (χ2n) is 5.01. The first-order valence-corrected chi connectivity index (χ1v) is 7.15. The summed E-state index contributed by atoms with van der Waals surface area (Å²) in [5, 5.41) is 0.331. The fraction of sp³-hybridized carbons (Fsp3) is 0.111. The quantitative estimate of drug-likeness (QED) is 0.364. The highest BCUT2D eigenvalue weighted by Crippen LogP contribution is 2.21. The Hall–Kier alpha value is -2.39. The van der Waals surface area contributed by atoms with Gasteiger partial charge in [0.15, 0.2) is 11.6 Å². The van der Waals surface area contributed by atoms with Gasteiger partial charge in [0.25, 0.3) is 0 Å². The molecule has 0 N–H and O–H groups in total. The molecule has 2 aromatic carbocycles. The lowest BCUT2D eigenvalue weighted by Gasteiger charge is -2.11. The summed E-state index contributed by atoms with van der Waals surface area (Å²) in [6, 6.07) is 15.4. The Morgan fingerprint density at radius 3 is 2.09 bits per heavy atom. The van der Waals surface area contributed by atoms with Crippen LogP contribution in [0.4, 0.5) is 0 Å². The Morgan fingerprint density at radius 1 is 0.909 bits per heavy atom. The van der Waals surface area contributed by atoms with Gasteiger partial charge in [-0.05, 0) is 12.1 Å². The van der Waals surface area contributed by atoms with Crippen molar-refractivity contribution in [1.82, 2.24) is 4.90 Å². The second-order valence-corrected chi connectivity index (χ2v) is 5.42. The minimum Gasteiger partial charge on any atom is -0.383 e. The van der Waals surface area contributed by atoms with Crippen LogP contribution in [0.5, 0.6) is 0 Å². The highest BCUT2D eigenvalue weighted by molar-refractivity contribution is 6.38. The molecule has 2 aromatic rings. The van der Waals surface area contributed by atoms with Crippen LogP contribution in [0.1, 0.15) is 20.7 Å². The van der Waals surface area contributed by atoms with Crippen molar-refractivity contribution in [2.45, 2.75) is 0 Å². The fourth-order valence-corrected chi connectivity index (χ4v) is 2.24. The molecule has 112 valence electrons. The van der Waals surface area contributed by atoms with Crippen LogP contribution in [0.2, 0.25) is 5.02 Å². The number of ketones is 2. The SMILES string of the molecule is CN(C)C=C(C(=O)c1ccccc1)C(=O)c1ccccc1Cl. The number of nitrogens with zero attached hydrogens (tertiary/aromatic N) is 1. The highest BCUT2D eigenvalue weighted by Gasteiger charge is 2.23. The molecule has 0 amide bonds. The van der Waals surface area contributed by atoms with E-state index in [1.165, 1.54) is 6.20 Å². The van der Waals surface area contributed by atoms with Crippen LogP contribution in [-0.2, 0) is 0 Å². The molecule has 0 saturated heterocycles. The van der Waals surface area contributed by atoms with Gasteiger partial charge < -0.3 is 4.90 Å². The zero-order valence-corrected chi connectivity index (χ0v) is 13.2. The summed E-state index contributed by atoms with van der Waals surface area (Å²) < 4.78 is 0. The molecule has 0 aliphatic rings. The van der Waals surface area contributed by atoms with Gasteiger partial charge in [-0.3, -0.25) is 9.59 Å². The summed E-state index contributed by atoms with van der Waals surface area (Å²) in [5.41, 5.74) is 0.877. The van der Waals surface area contributed by atoms with E-state index < -0.39 is 0 Å². The van der Waals surface area contributed by atoms with E-state index in [0.717, 1.165) is 0 Å². The fourth-order valence-electron chi connectivity index (χ4n) is 2.01. The topological polar surface area (TPSA) is 37.4 Å². The molecule has 0 atom stereocenters. The third-order valence-electron chi connectivity index (χ3n) is 3.03. The van der Waals surface area contributed by atoms with Crippen molar-refractivity contribution in [3.63, 3.8) is 0 Å². The van der Waals surface area contributed by atoms with E-state index in [1.54, 1.807) is 67.5 Å². The molecule has 0 fully saturated rings. The van der Waals surface area contributed by atoms with E-state index in [-0.39, 0.29) is 17.1 Å². The van der Waals surface area contributed by atoms with Crippen molar-refractivity contribution >= 4 is 23.2 Å². The minimum atomic E-state index is -0.381. The number of benzene rings is 2. The number of Topliss-reactive ketones (excluding diaryl/α,β-unsaturated/α-hetero) is 2. The molecule has 4 heteroatoms. The van der Waals surface area contributed by atoms with E-state index in [0.29, 0.717) is 16.1 Å². The third kappa shape index (κ3) is 3.62. The number of carbonyl (C=O) groups excluding carboxylic acids is 2. The number of carbonyl (C=O) groups is 2. The van der Waals surface area contributed by atoms with Crippen molar-refractivity contribution in [3.05, 3.63) is 82.5 Å². The van der Waals surface area contributed by atoms with Gasteiger partial charge in [0.2, 0.25) is 0 Å². The lowest BCUT2D eigenvalue weighted by atomic mass is 9.96. The molecule has 0 aliphatic heterocycles. The monoisotopic (exact) mass is 313 g/mol. The summed E-state index contributed by atoms with van der Waals surface area (Å²) in [6.07, 6.45) is 1.53. The first-order chi connectivity index (χ1) is 10.5. The number of halogens is 1. The van der Waals surface area contributed by atoms with Gasteiger partial charge in [0.05, 0.1) is 10.6 Å². The van der Waals surface area contributed by atoms with Crippen LogP contribution in [-0.4, -0.2) is 30.6 Å². The molecule has 0 bridgehead atoms. The lowest BCUT2D eigenvalue weighted by molar-refractivity contribution is 0.0960. The zero-order chi connectivity index (χ0) is 16.1. The first kappa shape index (κ1) is 16.0. The molecule has 22 heavy (non-hydrogen) atoms. The molecular formula is C18H16ClNO2. The molecule has 0 aliphatic carbocycles. The average molecular weight is 314 g/mol. The van der Waals surface area contributed by atoms with Crippen LogP contribution in [0, 0.1) is 0 Å². The van der Waals surface area contributed by atoms with Crippen LogP contribution < -0.4 is 0 Å². The number of rotatable bonds is 5. The maximum absolute atomic E-state index is 12.7. The van der Waals surface area contributed by atoms with Crippen LogP contribution in [0.25, 0.3) is 0 Å². The standard InChI is InChI=1S/C18H16ClNO2/c1-20(2)12-15(17(21)13-8-4-3-5-9-13)18(22)14-10-6-7-11-16(14)19/h3-12H,1-2H3. The number of allylic oxidation sites excluding steroid dienone is 1. The first-order valence-electron chi connectivity index (χ1n) is 6.78. The summed E-state index contributed by atoms with van der Waals surface area (Å²) in [4.78, 5) is 27.0. The molecule has 2 rings (SSSR count). The Balaban J connectivity index is 2.46. The summed E-state index contributed by atoms with van der Waals surface area (Å²) in [7, 11) is 3.52. The van der Waals surface area contributed by atoms with Gasteiger partial charge in [-0.2, -0.15) is 0 Å². The van der Waals surface area contributed by atoms with Gasteiger partial charge in [-0.25, -0.2) is 0 Å². The molecule has 0 aromatic heterocycles. The van der Waals surface area contributed by atoms with Crippen LogP contribution in [0.3, 0.4) is 0 Å². The Morgan fingerprint density at radius 2 is 1.50 bits per heavy atom. The largest absolute Gasteiger partial charge is 0.383 e. The number of hydrogen-bond donors (Lipinski definition) is 0. The Kier molecular flexibility index (Phi) is 5.12. The van der Waals surface area contributed by atoms with Gasteiger partial charge in [-0.1, -0.05) is 54.1 Å². The van der Waals surface area contributed by atoms with E-state index in [9.17, 15) is 9.59 Å². The van der Waals surface area contributed by atoms with Crippen molar-refractivity contribution in [2.75, 3.05) is 14.1 Å². The molecular weight excluding hydrogens is 298 g/mol. The van der Waals surface area contributed by atoms with E-state index in [2.05, 4.69) is 0 Å². The Bertz CT molecular complexity index is 721. The van der Waals surface area contributed by atoms with Crippen LogP contribution in [0.15, 0.2) is 66.4 Å². The maximum atomic E-state index is 12.7. The average Bonchev–Trinajstić information content (AvgIpc) is 2.52. The van der Waals surface area contributed by atoms with Crippen molar-refractivity contribution in [2.24, 2.45) is 0 Å². The molecule has 0 spiro atoms. The number of hydrogen-bond acceptors (Lipinski definition) is 3. The summed E-state index contributed by atoms with van der Waals surface area (Å²) in [6.45, 7) is 0. The normalized spacial score (nSPS) is 11.1. The summed E-state index contributed by atoms with van der Waals surface area (Å²) in [5.74, 6) is -0.702. The van der Waals surface area contributed by atoms with Gasteiger partial charge in [0, 0.05) is 31.4 Å². The predicted octanol–water partition coefficient (Wildman–Crippen LogP) is 3.85. The van der Waals surface area contributed by atoms with Crippen LogP contribution >= 0.6 is 11.6 Å². The Labute approximate surface area is 134 Å². The van der Waals surface area contributed by atoms with Crippen molar-refractivity contribution in [3.8, 4) is 0 Å². The van der Waals surface area contributed by atoms with Crippen molar-refractivity contribution < 1.29 is 9.59 Å². The van der Waals surface area contributed by atoms with Crippen molar-refractivity contribution in [1.29, 1.82) is 0 Å². The minimum absolute atomic E-state index is 0.0873. The van der Waals surface area contributed by atoms with Gasteiger partial charge in [0.1, 0.15) is 0 Å². The molecule has 0 saturated carbocycles. The van der Waals surface area contributed by atoms with Gasteiger partial charge in [-0.15, -0.1) is 0 Å². The zero-order valence-electron chi connectivity index (χ0n) is 12.4. The highest BCUT2D eigenvalue weighted by atomic mass is 35.5. The smallest absolute Gasteiger partial charge is 0.199 e. The molecule has 0 radical (unpaired) electrons. The molecule has 0 heterocycles. The molecule has 3 nitrogen and oxygen atoms in total. The van der Waals surface area contributed by atoms with E-state index in [1.807, 2.05) is 6.07 Å². The second kappa shape index (κ2) is 7.05. The van der Waals surface area contributed by atoms with E-state index >= 15 is 0 Å². The summed E-state index contributed by atoms with van der Waals surface area (Å²) >= 11 is 6.08.